The Bertz CT molecular complexity index is 3470. The fraction of sp³-hybridized carbons (Fsp3) is 0.419. The van der Waals surface area contributed by atoms with Crippen molar-refractivity contribution in [1.82, 2.24) is 25.4 Å². The monoisotopic (exact) mass is 1200 g/mol. The fourth-order valence-corrected chi connectivity index (χ4v) is 13.9. The quantitative estimate of drug-likeness (QED) is 0.0481. The Labute approximate surface area is 495 Å². The number of fused-ring (bicyclic) bond motifs is 3. The summed E-state index contributed by atoms with van der Waals surface area (Å²) in [5.74, 6) is -5.73. The molecule has 0 radical (unpaired) electrons. The van der Waals surface area contributed by atoms with Gasteiger partial charge in [0.15, 0.2) is 0 Å². The Morgan fingerprint density at radius 2 is 1.19 bits per heavy atom. The van der Waals surface area contributed by atoms with Gasteiger partial charge in [-0.1, -0.05) is 123 Å². The summed E-state index contributed by atoms with van der Waals surface area (Å²) >= 11 is 0. The number of para-hydroxylation sites is 2. The molecule has 10 N–H and O–H groups in total. The van der Waals surface area contributed by atoms with Crippen LogP contribution in [-0.4, -0.2) is 91.4 Å². The molecule has 1 aliphatic heterocycles. The molecule has 0 bridgehead atoms. The van der Waals surface area contributed by atoms with Crippen LogP contribution in [0.5, 0.6) is 0 Å². The maximum Gasteiger partial charge on any atom is 0.303 e. The van der Waals surface area contributed by atoms with Crippen LogP contribution < -0.4 is 41.8 Å². The highest BCUT2D eigenvalue weighted by Gasteiger charge is 2.63. The Hall–Kier alpha value is -8.02. The SMILES string of the molecule is C=C[C@@H]1C[C@@]12NC(=O)C1(Cc3ccccc3C1)NC(=O)CCCCCCCC(=O)Nc1ccccc1S(=O)(=O)NC2=O.C=C[C@@H]1C[C@]1(NC(=O)C1(N)Cc2ccccc2C1)C(=O)NS(=O)(=O)c1ccccc1NC(=O)CCCCCCCC(=O)O. The highest BCUT2D eigenvalue weighted by atomic mass is 32.2. The van der Waals surface area contributed by atoms with Gasteiger partial charge in [-0.15, -0.1) is 13.2 Å². The Morgan fingerprint density at radius 1 is 0.647 bits per heavy atom. The van der Waals surface area contributed by atoms with E-state index < -0.39 is 83.6 Å². The van der Waals surface area contributed by atoms with Crippen molar-refractivity contribution in [1.29, 1.82) is 0 Å². The minimum absolute atomic E-state index is 0.0213. The van der Waals surface area contributed by atoms with Crippen LogP contribution in [-0.2, 0) is 84.1 Å². The predicted molar refractivity (Wildman–Crippen MR) is 317 cm³/mol. The van der Waals surface area contributed by atoms with Gasteiger partial charge in [0.05, 0.1) is 11.4 Å². The van der Waals surface area contributed by atoms with E-state index in [0.29, 0.717) is 38.5 Å². The predicted octanol–water partition coefficient (Wildman–Crippen LogP) is 5.69. The second-order valence-electron chi connectivity index (χ2n) is 22.9. The third kappa shape index (κ3) is 14.9. The molecule has 2 saturated carbocycles. The van der Waals surface area contributed by atoms with Crippen molar-refractivity contribution in [3.05, 3.63) is 145 Å². The molecule has 23 heteroatoms. The van der Waals surface area contributed by atoms with E-state index in [1.165, 1.54) is 48.6 Å². The summed E-state index contributed by atoms with van der Waals surface area (Å²) in [6.07, 6.45) is 12.2. The van der Waals surface area contributed by atoms with Crippen LogP contribution >= 0.6 is 0 Å². The molecule has 4 aromatic carbocycles. The summed E-state index contributed by atoms with van der Waals surface area (Å²) < 4.78 is 57.9. The number of amides is 7. The van der Waals surface area contributed by atoms with E-state index in [0.717, 1.165) is 60.8 Å². The molecule has 452 valence electrons. The molecule has 0 aromatic heterocycles. The molecule has 4 aliphatic carbocycles. The van der Waals surface area contributed by atoms with E-state index >= 15 is 0 Å². The molecule has 7 amide bonds. The zero-order valence-corrected chi connectivity index (χ0v) is 49.0. The molecule has 2 spiro atoms. The average molecular weight is 1200 g/mol. The van der Waals surface area contributed by atoms with Gasteiger partial charge in [0.2, 0.25) is 29.5 Å². The third-order valence-electron chi connectivity index (χ3n) is 16.5. The number of unbranched alkanes of at least 4 members (excludes halogenated alkanes) is 4. The summed E-state index contributed by atoms with van der Waals surface area (Å²) in [5.41, 5.74) is 4.66. The number of carboxylic acids is 1. The number of benzene rings is 4. The molecule has 5 aliphatic rings. The van der Waals surface area contributed by atoms with Crippen molar-refractivity contribution in [2.75, 3.05) is 10.6 Å². The van der Waals surface area contributed by atoms with Crippen LogP contribution in [0.4, 0.5) is 11.4 Å². The lowest BCUT2D eigenvalue weighted by molar-refractivity contribution is -0.137. The van der Waals surface area contributed by atoms with E-state index in [9.17, 15) is 55.2 Å². The first-order chi connectivity index (χ1) is 40.5. The Balaban J connectivity index is 0.000000221. The first-order valence-corrected chi connectivity index (χ1v) is 31.7. The van der Waals surface area contributed by atoms with Crippen molar-refractivity contribution >= 4 is 78.7 Å². The van der Waals surface area contributed by atoms with Crippen LogP contribution in [0.1, 0.15) is 125 Å². The minimum atomic E-state index is -4.45. The fourth-order valence-electron chi connectivity index (χ4n) is 11.5. The number of rotatable bonds is 16. The summed E-state index contributed by atoms with van der Waals surface area (Å²) in [5, 5.41) is 22.5. The van der Waals surface area contributed by atoms with E-state index in [2.05, 4.69) is 49.2 Å². The van der Waals surface area contributed by atoms with Gasteiger partial charge in [-0.05, 0) is 97.9 Å². The largest absolute Gasteiger partial charge is 0.481 e. The Morgan fingerprint density at radius 3 is 1.79 bits per heavy atom. The molecule has 4 atom stereocenters. The highest BCUT2D eigenvalue weighted by Crippen LogP contribution is 2.47. The standard InChI is InChI=1S/C31H38N4O7S.C31H36N4O6S/c1-2-23-20-31(23,34-28(39)30(32)18-21-12-8-9-13-22(21)19-30)29(40)35-43(41,42)25-15-11-10-14-24(25)33-26(36)16-6-4-3-5-7-17-27(37)38;1-2-23-20-31(23)29(39)35-42(40,41)25-15-11-10-14-24(25)32-26(36)16-6-4-3-5-7-17-27(37)33-30(28(38)34-31)18-21-12-8-9-13-22(21)19-30/h2,8-15,23H,1,3-7,16-20,32H2,(H,33,36)(H,34,39)(H,35,40)(H,37,38);2,8-15,23H,1,3-7,16-20H2,(H,32,36)(H,33,37)(H,34,38)(H,35,39)/t2*23-,31-/m11/s1. The number of nitrogens with two attached hydrogens (primary N) is 1. The van der Waals surface area contributed by atoms with E-state index in [-0.39, 0.29) is 90.3 Å². The molecular weight excluding hydrogens is 1130 g/mol. The first-order valence-electron chi connectivity index (χ1n) is 28.8. The van der Waals surface area contributed by atoms with Crippen molar-refractivity contribution in [3.63, 3.8) is 0 Å². The first kappa shape index (κ1) is 63.0. The smallest absolute Gasteiger partial charge is 0.303 e. The van der Waals surface area contributed by atoms with Crippen LogP contribution in [0, 0.1) is 11.8 Å². The van der Waals surface area contributed by atoms with Crippen LogP contribution in [0.25, 0.3) is 0 Å². The lowest BCUT2D eigenvalue weighted by atomic mass is 9.92. The molecule has 85 heavy (non-hydrogen) atoms. The van der Waals surface area contributed by atoms with Gasteiger partial charge in [0.25, 0.3) is 31.9 Å². The molecular formula is C62H74N8O13S2. The summed E-state index contributed by atoms with van der Waals surface area (Å²) in [6, 6.07) is 26.7. The molecule has 1 heterocycles. The Kier molecular flexibility index (Phi) is 19.6. The zero-order chi connectivity index (χ0) is 61.2. The molecule has 0 saturated heterocycles. The number of carboxylic acid groups (broad SMARTS) is 1. The van der Waals surface area contributed by atoms with E-state index in [1.54, 1.807) is 12.1 Å². The number of aliphatic carboxylic acids is 1. The van der Waals surface area contributed by atoms with Crippen molar-refractivity contribution in [2.45, 2.75) is 160 Å². The van der Waals surface area contributed by atoms with Crippen LogP contribution in [0.2, 0.25) is 0 Å². The molecule has 21 nitrogen and oxygen atoms in total. The van der Waals surface area contributed by atoms with Gasteiger partial charge in [0.1, 0.15) is 31.9 Å². The number of nitrogens with one attached hydrogen (secondary N) is 7. The zero-order valence-electron chi connectivity index (χ0n) is 47.3. The van der Waals surface area contributed by atoms with Gasteiger partial charge < -0.3 is 37.4 Å². The van der Waals surface area contributed by atoms with Gasteiger partial charge >= 0.3 is 5.97 Å². The van der Waals surface area contributed by atoms with E-state index in [1.807, 2.05) is 48.5 Å². The lowest BCUT2D eigenvalue weighted by Gasteiger charge is -2.31. The van der Waals surface area contributed by atoms with Gasteiger partial charge in [-0.2, -0.15) is 0 Å². The number of carbonyl (C=O) groups excluding carboxylic acids is 7. The lowest BCUT2D eigenvalue weighted by Crippen LogP contribution is -2.64. The highest BCUT2D eigenvalue weighted by molar-refractivity contribution is 7.90. The maximum atomic E-state index is 14.1. The van der Waals surface area contributed by atoms with Crippen molar-refractivity contribution < 1.29 is 60.3 Å². The van der Waals surface area contributed by atoms with E-state index in [4.69, 9.17) is 10.8 Å². The number of hydrogen-bond acceptors (Lipinski definition) is 13. The van der Waals surface area contributed by atoms with Gasteiger partial charge in [-0.3, -0.25) is 38.4 Å². The summed E-state index contributed by atoms with van der Waals surface area (Å²) in [4.78, 5) is 103. The van der Waals surface area contributed by atoms with Crippen LogP contribution in [0.15, 0.2) is 132 Å². The van der Waals surface area contributed by atoms with Gasteiger partial charge in [0, 0.05) is 50.4 Å². The minimum Gasteiger partial charge on any atom is -0.481 e. The molecule has 4 aromatic rings. The van der Waals surface area contributed by atoms with Crippen molar-refractivity contribution in [2.24, 2.45) is 17.6 Å². The second kappa shape index (κ2) is 26.5. The normalized spacial score (nSPS) is 23.0. The molecule has 2 fully saturated rings. The van der Waals surface area contributed by atoms with Crippen LogP contribution in [0.3, 0.4) is 0 Å². The third-order valence-corrected chi connectivity index (χ3v) is 19.3. The number of anilines is 2. The summed E-state index contributed by atoms with van der Waals surface area (Å²) in [6.45, 7) is 7.49. The maximum absolute atomic E-state index is 14.1. The van der Waals surface area contributed by atoms with Gasteiger partial charge in [-0.25, -0.2) is 26.3 Å². The molecule has 9 rings (SSSR count). The molecule has 0 unspecified atom stereocenters. The second-order valence-corrected chi connectivity index (χ2v) is 26.2. The van der Waals surface area contributed by atoms with Crippen molar-refractivity contribution in [3.8, 4) is 0 Å². The number of carbonyl (C=O) groups is 8. The number of hydrogen-bond donors (Lipinski definition) is 9. The number of sulfonamides is 2. The summed E-state index contributed by atoms with van der Waals surface area (Å²) in [7, 11) is -8.88. The topological polar surface area (TPSA) is 335 Å². The average Bonchev–Trinajstić information content (AvgIpc) is 3.18.